The van der Waals surface area contributed by atoms with Gasteiger partial charge in [0.1, 0.15) is 0 Å². The standard InChI is InChI=1S/C29H32N8O/c1-20-5-10-25(27(30)26(20)28-32-13-11-24(34-28)23-4-3-12-31-19-23)35-29(38)22-8-6-21(7-9-22)18-33-37-16-14-36(2)15-17-37/h3-13,19,33H,14-18,30H2,1-2H3,(H,35,38). The van der Waals surface area contributed by atoms with Crippen LogP contribution in [-0.2, 0) is 6.54 Å². The summed E-state index contributed by atoms with van der Waals surface area (Å²) in [7, 11) is 2.14. The Kier molecular flexibility index (Phi) is 7.69. The second-order valence-corrected chi connectivity index (χ2v) is 9.50. The predicted molar refractivity (Wildman–Crippen MR) is 150 cm³/mol. The van der Waals surface area contributed by atoms with E-state index in [1.807, 2.05) is 61.5 Å². The van der Waals surface area contributed by atoms with Crippen LogP contribution >= 0.6 is 0 Å². The van der Waals surface area contributed by atoms with E-state index in [4.69, 9.17) is 10.7 Å². The third kappa shape index (κ3) is 5.86. The van der Waals surface area contributed by atoms with Gasteiger partial charge in [0.05, 0.1) is 17.1 Å². The highest BCUT2D eigenvalue weighted by Gasteiger charge is 2.17. The highest BCUT2D eigenvalue weighted by molar-refractivity contribution is 6.07. The Bertz CT molecular complexity index is 1400. The Labute approximate surface area is 222 Å². The van der Waals surface area contributed by atoms with E-state index >= 15 is 0 Å². The van der Waals surface area contributed by atoms with E-state index in [0.717, 1.165) is 55.1 Å². The van der Waals surface area contributed by atoms with Crippen molar-refractivity contribution in [1.29, 1.82) is 0 Å². The molecule has 0 atom stereocenters. The zero-order valence-electron chi connectivity index (χ0n) is 21.7. The van der Waals surface area contributed by atoms with Crippen molar-refractivity contribution in [2.75, 3.05) is 44.3 Å². The monoisotopic (exact) mass is 508 g/mol. The number of piperazine rings is 1. The van der Waals surface area contributed by atoms with Crippen molar-refractivity contribution >= 4 is 17.3 Å². The van der Waals surface area contributed by atoms with Gasteiger partial charge in [0.15, 0.2) is 5.82 Å². The number of nitrogen functional groups attached to an aromatic ring is 1. The quantitative estimate of drug-likeness (QED) is 0.325. The summed E-state index contributed by atoms with van der Waals surface area (Å²) in [6, 6.07) is 17.0. The SMILES string of the molecule is Cc1ccc(NC(=O)c2ccc(CNN3CCN(C)CC3)cc2)c(N)c1-c1nccc(-c2cccnc2)n1. The molecule has 4 aromatic rings. The summed E-state index contributed by atoms with van der Waals surface area (Å²) >= 11 is 0. The molecule has 3 heterocycles. The topological polar surface area (TPSA) is 112 Å². The molecule has 194 valence electrons. The number of benzene rings is 2. The van der Waals surface area contributed by atoms with Crippen LogP contribution in [0.5, 0.6) is 0 Å². The van der Waals surface area contributed by atoms with E-state index in [1.54, 1.807) is 18.6 Å². The molecule has 0 unspecified atom stereocenters. The van der Waals surface area contributed by atoms with Gasteiger partial charge in [0, 0.05) is 68.0 Å². The molecule has 9 nitrogen and oxygen atoms in total. The maximum absolute atomic E-state index is 13.1. The molecule has 0 aliphatic carbocycles. The summed E-state index contributed by atoms with van der Waals surface area (Å²) < 4.78 is 0. The van der Waals surface area contributed by atoms with Crippen LogP contribution in [0.3, 0.4) is 0 Å². The van der Waals surface area contributed by atoms with Crippen LogP contribution in [0.15, 0.2) is 73.2 Å². The third-order valence-electron chi connectivity index (χ3n) is 6.76. The fourth-order valence-electron chi connectivity index (χ4n) is 4.42. The number of anilines is 2. The van der Waals surface area contributed by atoms with Crippen LogP contribution in [-0.4, -0.2) is 64.0 Å². The van der Waals surface area contributed by atoms with Crippen LogP contribution in [0.4, 0.5) is 11.4 Å². The average Bonchev–Trinajstić information content (AvgIpc) is 2.95. The Balaban J connectivity index is 1.29. The first-order chi connectivity index (χ1) is 18.5. The van der Waals surface area contributed by atoms with Crippen molar-refractivity contribution in [3.8, 4) is 22.6 Å². The molecule has 1 saturated heterocycles. The van der Waals surface area contributed by atoms with E-state index in [9.17, 15) is 4.79 Å². The van der Waals surface area contributed by atoms with Crippen molar-refractivity contribution in [2.45, 2.75) is 13.5 Å². The summed E-state index contributed by atoms with van der Waals surface area (Å²) in [6.45, 7) is 6.77. The lowest BCUT2D eigenvalue weighted by molar-refractivity contribution is 0.102. The van der Waals surface area contributed by atoms with Crippen molar-refractivity contribution < 1.29 is 4.79 Å². The van der Waals surface area contributed by atoms with E-state index in [1.165, 1.54) is 0 Å². The van der Waals surface area contributed by atoms with Gasteiger partial charge in [-0.25, -0.2) is 15.0 Å². The molecule has 1 aliphatic heterocycles. The van der Waals surface area contributed by atoms with Gasteiger partial charge < -0.3 is 16.0 Å². The lowest BCUT2D eigenvalue weighted by Gasteiger charge is -2.32. The lowest BCUT2D eigenvalue weighted by atomic mass is 10.0. The zero-order valence-corrected chi connectivity index (χ0v) is 21.7. The van der Waals surface area contributed by atoms with Crippen LogP contribution in [0, 0.1) is 6.92 Å². The molecule has 5 rings (SSSR count). The van der Waals surface area contributed by atoms with Crippen molar-refractivity contribution in [3.05, 3.63) is 89.9 Å². The van der Waals surface area contributed by atoms with Crippen LogP contribution < -0.4 is 16.5 Å². The Morgan fingerprint density at radius 3 is 2.53 bits per heavy atom. The molecule has 1 amide bonds. The summed E-state index contributed by atoms with van der Waals surface area (Å²) in [4.78, 5) is 28.7. The highest BCUT2D eigenvalue weighted by atomic mass is 16.1. The minimum atomic E-state index is -0.227. The predicted octanol–water partition coefficient (Wildman–Crippen LogP) is 3.60. The molecule has 4 N–H and O–H groups in total. The van der Waals surface area contributed by atoms with Crippen LogP contribution in [0.1, 0.15) is 21.5 Å². The molecule has 38 heavy (non-hydrogen) atoms. The number of amides is 1. The number of carbonyl (C=O) groups excluding carboxylic acids is 1. The number of rotatable bonds is 7. The van der Waals surface area contributed by atoms with Gasteiger partial charge in [0.25, 0.3) is 5.91 Å². The van der Waals surface area contributed by atoms with Crippen LogP contribution in [0.25, 0.3) is 22.6 Å². The van der Waals surface area contributed by atoms with Gasteiger partial charge in [-0.05, 0) is 61.5 Å². The maximum Gasteiger partial charge on any atom is 0.255 e. The number of carbonyl (C=O) groups is 1. The van der Waals surface area contributed by atoms with Gasteiger partial charge in [-0.1, -0.05) is 18.2 Å². The molecular weight excluding hydrogens is 476 g/mol. The molecule has 0 spiro atoms. The molecule has 9 heteroatoms. The Morgan fingerprint density at radius 2 is 1.79 bits per heavy atom. The minimum absolute atomic E-state index is 0.227. The average molecular weight is 509 g/mol. The van der Waals surface area contributed by atoms with Gasteiger partial charge in [-0.15, -0.1) is 0 Å². The summed E-state index contributed by atoms with van der Waals surface area (Å²) in [6.07, 6.45) is 5.18. The van der Waals surface area contributed by atoms with Gasteiger partial charge >= 0.3 is 0 Å². The van der Waals surface area contributed by atoms with Gasteiger partial charge in [-0.3, -0.25) is 15.2 Å². The largest absolute Gasteiger partial charge is 0.396 e. The lowest BCUT2D eigenvalue weighted by Crippen LogP contribution is -2.50. The summed E-state index contributed by atoms with van der Waals surface area (Å²) in [5.41, 5.74) is 15.9. The molecular formula is C29H32N8O. The smallest absolute Gasteiger partial charge is 0.255 e. The fourth-order valence-corrected chi connectivity index (χ4v) is 4.42. The number of aromatic nitrogens is 3. The van der Waals surface area contributed by atoms with E-state index in [0.29, 0.717) is 28.3 Å². The van der Waals surface area contributed by atoms with Gasteiger partial charge in [-0.2, -0.15) is 0 Å². The number of hydrogen-bond acceptors (Lipinski definition) is 8. The van der Waals surface area contributed by atoms with Crippen molar-refractivity contribution in [3.63, 3.8) is 0 Å². The van der Waals surface area contributed by atoms with E-state index in [-0.39, 0.29) is 5.91 Å². The Morgan fingerprint density at radius 1 is 1.00 bits per heavy atom. The third-order valence-corrected chi connectivity index (χ3v) is 6.76. The minimum Gasteiger partial charge on any atom is -0.396 e. The van der Waals surface area contributed by atoms with E-state index < -0.39 is 0 Å². The second kappa shape index (κ2) is 11.5. The summed E-state index contributed by atoms with van der Waals surface area (Å²) in [5.74, 6) is 0.268. The number of nitrogens with zero attached hydrogens (tertiary/aromatic N) is 5. The molecule has 1 aliphatic rings. The van der Waals surface area contributed by atoms with E-state index in [2.05, 4.69) is 37.7 Å². The Hall–Kier alpha value is -4.18. The van der Waals surface area contributed by atoms with Crippen molar-refractivity contribution in [2.24, 2.45) is 0 Å². The first kappa shape index (κ1) is 25.5. The number of nitrogens with two attached hydrogens (primary N) is 1. The molecule has 2 aromatic carbocycles. The van der Waals surface area contributed by atoms with Gasteiger partial charge in [0.2, 0.25) is 0 Å². The van der Waals surface area contributed by atoms with Crippen molar-refractivity contribution in [1.82, 2.24) is 30.3 Å². The number of aryl methyl sites for hydroxylation is 1. The van der Waals surface area contributed by atoms with Crippen LogP contribution in [0.2, 0.25) is 0 Å². The second-order valence-electron chi connectivity index (χ2n) is 9.50. The molecule has 1 fully saturated rings. The first-order valence-electron chi connectivity index (χ1n) is 12.7. The molecule has 0 radical (unpaired) electrons. The number of hydrazine groups is 1. The molecule has 0 saturated carbocycles. The normalized spacial score (nSPS) is 14.4. The first-order valence-corrected chi connectivity index (χ1v) is 12.7. The fraction of sp³-hybridized carbons (Fsp3) is 0.241. The number of pyridine rings is 1. The number of nitrogens with one attached hydrogen (secondary N) is 2. The maximum atomic E-state index is 13.1. The molecule has 0 bridgehead atoms. The zero-order chi connectivity index (χ0) is 26.5. The highest BCUT2D eigenvalue weighted by Crippen LogP contribution is 2.34. The number of likely N-dealkylation sites (N-methyl/N-ethyl adjacent to an activating group) is 1. The summed E-state index contributed by atoms with van der Waals surface area (Å²) in [5, 5.41) is 5.20. The number of hydrogen-bond donors (Lipinski definition) is 3. The molecule has 2 aromatic heterocycles.